The highest BCUT2D eigenvalue weighted by atomic mass is 19.1. The lowest BCUT2D eigenvalue weighted by atomic mass is 9.47. The topological polar surface area (TPSA) is 94.8 Å². The third-order valence-corrected chi connectivity index (χ3v) is 8.01. The highest BCUT2D eigenvalue weighted by Gasteiger charge is 2.69. The monoisotopic (exact) mass is 376 g/mol. The van der Waals surface area contributed by atoms with Crippen LogP contribution in [-0.2, 0) is 9.59 Å². The van der Waals surface area contributed by atoms with Crippen molar-refractivity contribution < 1.29 is 29.3 Å². The molecule has 146 valence electrons. The zero-order valence-corrected chi connectivity index (χ0v) is 15.5. The van der Waals surface area contributed by atoms with Crippen LogP contribution in [0.2, 0.25) is 0 Å². The maximum atomic E-state index is 15.0. The summed E-state index contributed by atoms with van der Waals surface area (Å²) in [6, 6.07) is 0. The van der Waals surface area contributed by atoms with Gasteiger partial charge < -0.3 is 15.3 Å². The molecule has 5 nitrogen and oxygen atoms in total. The Bertz CT molecular complexity index is 828. The molecule has 6 heteroatoms. The fourth-order valence-corrected chi connectivity index (χ4v) is 6.62. The number of carbonyl (C=O) groups excluding carboxylic acids is 1. The average Bonchev–Trinajstić information content (AvgIpc) is 2.82. The number of ketones is 1. The van der Waals surface area contributed by atoms with Gasteiger partial charge in [0.15, 0.2) is 11.4 Å². The zero-order chi connectivity index (χ0) is 19.9. The summed E-state index contributed by atoms with van der Waals surface area (Å²) in [5.74, 6) is -3.09. The van der Waals surface area contributed by atoms with Gasteiger partial charge in [-0.1, -0.05) is 20.4 Å². The van der Waals surface area contributed by atoms with Crippen molar-refractivity contribution in [3.8, 4) is 0 Å². The number of carbonyl (C=O) groups is 2. The van der Waals surface area contributed by atoms with Crippen LogP contribution < -0.4 is 0 Å². The molecule has 0 aromatic rings. The number of aliphatic carboxylic acids is 1. The summed E-state index contributed by atoms with van der Waals surface area (Å²) in [5.41, 5.74) is -3.06. The van der Waals surface area contributed by atoms with E-state index in [9.17, 15) is 24.9 Å². The van der Waals surface area contributed by atoms with Crippen molar-refractivity contribution in [1.82, 2.24) is 0 Å². The van der Waals surface area contributed by atoms with Gasteiger partial charge in [0, 0.05) is 16.7 Å². The quantitative estimate of drug-likeness (QED) is 0.612. The van der Waals surface area contributed by atoms with E-state index in [1.165, 1.54) is 12.2 Å². The smallest absolute Gasteiger partial charge is 0.336 e. The number of aliphatic hydroxyl groups is 2. The Morgan fingerprint density at radius 3 is 2.67 bits per heavy atom. The van der Waals surface area contributed by atoms with Gasteiger partial charge in [-0.3, -0.25) is 4.79 Å². The second kappa shape index (κ2) is 5.39. The summed E-state index contributed by atoms with van der Waals surface area (Å²) in [7, 11) is 0. The van der Waals surface area contributed by atoms with Crippen molar-refractivity contribution in [2.45, 2.75) is 51.2 Å². The van der Waals surface area contributed by atoms with E-state index in [0.717, 1.165) is 0 Å². The lowest BCUT2D eigenvalue weighted by Crippen LogP contribution is -2.61. The number of aliphatic hydroxyl groups excluding tert-OH is 1. The highest BCUT2D eigenvalue weighted by Crippen LogP contribution is 2.67. The van der Waals surface area contributed by atoms with Gasteiger partial charge in [0.2, 0.25) is 0 Å². The minimum Gasteiger partial charge on any atom is -0.479 e. The summed E-state index contributed by atoms with van der Waals surface area (Å²) >= 11 is 0. The number of hydrogen-bond donors (Lipinski definition) is 3. The Balaban J connectivity index is 1.86. The summed E-state index contributed by atoms with van der Waals surface area (Å²) in [5, 5.41) is 31.6. The number of fused-ring (bicyclic) bond motifs is 5. The summed E-state index contributed by atoms with van der Waals surface area (Å²) in [6.45, 7) is 7.36. The van der Waals surface area contributed by atoms with Gasteiger partial charge in [0.1, 0.15) is 5.83 Å². The molecule has 3 N–H and O–H groups in total. The Morgan fingerprint density at radius 2 is 2.04 bits per heavy atom. The van der Waals surface area contributed by atoms with Crippen LogP contribution in [0.25, 0.3) is 0 Å². The van der Waals surface area contributed by atoms with Gasteiger partial charge in [0.25, 0.3) is 0 Å². The number of halogens is 1. The molecule has 0 aromatic heterocycles. The molecule has 4 aliphatic rings. The van der Waals surface area contributed by atoms with Crippen LogP contribution in [0.1, 0.15) is 39.5 Å². The highest BCUT2D eigenvalue weighted by molar-refractivity contribution is 6.05. The number of carboxylic acids is 1. The van der Waals surface area contributed by atoms with Crippen LogP contribution in [0.3, 0.4) is 0 Å². The van der Waals surface area contributed by atoms with Crippen LogP contribution in [0.15, 0.2) is 35.7 Å². The van der Waals surface area contributed by atoms with Gasteiger partial charge in [-0.05, 0) is 60.8 Å². The first-order valence-electron chi connectivity index (χ1n) is 9.41. The maximum absolute atomic E-state index is 15.0. The van der Waals surface area contributed by atoms with Crippen molar-refractivity contribution in [1.29, 1.82) is 0 Å². The van der Waals surface area contributed by atoms with E-state index < -0.39 is 40.2 Å². The Kier molecular flexibility index (Phi) is 3.70. The summed E-state index contributed by atoms with van der Waals surface area (Å²) in [4.78, 5) is 23.8. The first-order valence-corrected chi connectivity index (χ1v) is 9.41. The van der Waals surface area contributed by atoms with Crippen LogP contribution in [0, 0.1) is 28.6 Å². The predicted octanol–water partition coefficient (Wildman–Crippen LogP) is 2.54. The largest absolute Gasteiger partial charge is 0.479 e. The third kappa shape index (κ3) is 2.11. The molecule has 6 unspecified atom stereocenters. The summed E-state index contributed by atoms with van der Waals surface area (Å²) in [6.07, 6.45) is 2.74. The zero-order valence-electron chi connectivity index (χ0n) is 15.5. The van der Waals surface area contributed by atoms with Crippen LogP contribution in [-0.4, -0.2) is 38.8 Å². The van der Waals surface area contributed by atoms with E-state index >= 15 is 4.39 Å². The lowest BCUT2D eigenvalue weighted by molar-refractivity contribution is -0.188. The Labute approximate surface area is 157 Å². The second-order valence-corrected chi connectivity index (χ2v) is 9.24. The van der Waals surface area contributed by atoms with Gasteiger partial charge in [-0.25, -0.2) is 9.18 Å². The van der Waals surface area contributed by atoms with Gasteiger partial charge in [-0.15, -0.1) is 0 Å². The van der Waals surface area contributed by atoms with Crippen molar-refractivity contribution in [2.24, 2.45) is 28.6 Å². The SMILES string of the molecule is C=C1CC2(C)C(=CC1=O)C(F)=CC1C2C(O)CC2(C)C1CC[C@]2(O)C(=O)O. The molecule has 0 amide bonds. The van der Waals surface area contributed by atoms with Crippen LogP contribution in [0.5, 0.6) is 0 Å². The molecule has 0 heterocycles. The minimum atomic E-state index is -1.93. The van der Waals surface area contributed by atoms with E-state index in [0.29, 0.717) is 17.6 Å². The van der Waals surface area contributed by atoms with E-state index in [4.69, 9.17) is 0 Å². The normalized spacial score (nSPS) is 48.9. The lowest BCUT2D eigenvalue weighted by Gasteiger charge is -2.58. The molecular formula is C21H25FO5. The van der Waals surface area contributed by atoms with Crippen molar-refractivity contribution >= 4 is 11.8 Å². The van der Waals surface area contributed by atoms with Crippen molar-refractivity contribution in [2.75, 3.05) is 0 Å². The molecule has 0 aromatic carbocycles. The van der Waals surface area contributed by atoms with Gasteiger partial charge >= 0.3 is 5.97 Å². The minimum absolute atomic E-state index is 0.0828. The van der Waals surface area contributed by atoms with E-state index in [2.05, 4.69) is 6.58 Å². The molecule has 4 aliphatic carbocycles. The molecule has 2 fully saturated rings. The molecule has 0 spiro atoms. The van der Waals surface area contributed by atoms with Crippen molar-refractivity contribution in [3.05, 3.63) is 35.7 Å². The molecular weight excluding hydrogens is 351 g/mol. The predicted molar refractivity (Wildman–Crippen MR) is 95.2 cm³/mol. The van der Waals surface area contributed by atoms with Crippen LogP contribution in [0.4, 0.5) is 4.39 Å². The molecule has 0 saturated heterocycles. The number of allylic oxidation sites excluding steroid dienone is 5. The molecule has 7 atom stereocenters. The fraction of sp³-hybridized carbons (Fsp3) is 0.619. The van der Waals surface area contributed by atoms with Gasteiger partial charge in [0.05, 0.1) is 6.10 Å². The first-order chi connectivity index (χ1) is 12.5. The summed E-state index contributed by atoms with van der Waals surface area (Å²) < 4.78 is 15.0. The third-order valence-electron chi connectivity index (χ3n) is 8.01. The number of hydrogen-bond acceptors (Lipinski definition) is 4. The Hall–Kier alpha value is -1.79. The first kappa shape index (κ1) is 18.6. The molecule has 2 saturated carbocycles. The number of rotatable bonds is 1. The molecule has 0 bridgehead atoms. The molecule has 0 aliphatic heterocycles. The van der Waals surface area contributed by atoms with Crippen molar-refractivity contribution in [3.63, 3.8) is 0 Å². The molecule has 4 rings (SSSR count). The second-order valence-electron chi connectivity index (χ2n) is 9.24. The Morgan fingerprint density at radius 1 is 1.37 bits per heavy atom. The van der Waals surface area contributed by atoms with E-state index in [1.54, 1.807) is 6.92 Å². The van der Waals surface area contributed by atoms with Crippen LogP contribution >= 0.6 is 0 Å². The van der Waals surface area contributed by atoms with Gasteiger partial charge in [-0.2, -0.15) is 0 Å². The number of carboxylic acid groups (broad SMARTS) is 1. The molecule has 27 heavy (non-hydrogen) atoms. The maximum Gasteiger partial charge on any atom is 0.336 e. The average molecular weight is 376 g/mol. The fourth-order valence-electron chi connectivity index (χ4n) is 6.62. The molecule has 0 radical (unpaired) electrons. The van der Waals surface area contributed by atoms with E-state index in [-0.39, 0.29) is 36.9 Å². The standard InChI is InChI=1S/C21H25FO5/c1-10-8-19(2)13(7-15(10)23)14(22)6-11-12-4-5-21(27,18(25)26)20(12,3)9-16(24)17(11)19/h6-7,11-12,16-17,24,27H,1,4-5,8-9H2,2-3H3,(H,25,26)/t11?,12?,16?,17?,19?,20?,21-/m0/s1. The van der Waals surface area contributed by atoms with E-state index in [1.807, 2.05) is 6.92 Å².